The Bertz CT molecular complexity index is 964. The van der Waals surface area contributed by atoms with E-state index in [-0.39, 0.29) is 5.75 Å². The first kappa shape index (κ1) is 19.7. The Morgan fingerprint density at radius 1 is 1.21 bits per heavy atom. The number of fused-ring (bicyclic) bond motifs is 1. The molecule has 3 rings (SSSR count). The predicted octanol–water partition coefficient (Wildman–Crippen LogP) is 2.36. The van der Waals surface area contributed by atoms with E-state index in [1.165, 1.54) is 7.11 Å². The minimum atomic E-state index is -0.900. The molecule has 0 aliphatic heterocycles. The van der Waals surface area contributed by atoms with Gasteiger partial charge in [0.15, 0.2) is 28.5 Å². The number of rotatable bonds is 8. The largest absolute Gasteiger partial charge is 0.504 e. The Morgan fingerprint density at radius 3 is 2.68 bits per heavy atom. The van der Waals surface area contributed by atoms with Crippen LogP contribution in [0.3, 0.4) is 0 Å². The summed E-state index contributed by atoms with van der Waals surface area (Å²) in [6.07, 6.45) is 1.72. The van der Waals surface area contributed by atoms with Crippen LogP contribution in [-0.2, 0) is 13.1 Å². The number of aryl methyl sites for hydroxylation is 1. The van der Waals surface area contributed by atoms with Crippen LogP contribution >= 0.6 is 0 Å². The third kappa shape index (κ3) is 4.25. The van der Waals surface area contributed by atoms with E-state index in [4.69, 9.17) is 4.74 Å². The van der Waals surface area contributed by atoms with Gasteiger partial charge in [0.1, 0.15) is 0 Å². The molecule has 0 bridgehead atoms. The molecule has 0 radical (unpaired) electrons. The van der Waals surface area contributed by atoms with E-state index in [0.717, 1.165) is 0 Å². The summed E-state index contributed by atoms with van der Waals surface area (Å²) in [6, 6.07) is 5.32. The maximum absolute atomic E-state index is 10.3. The molecule has 9 nitrogen and oxygen atoms in total. The number of para-hydroxylation sites is 1. The summed E-state index contributed by atoms with van der Waals surface area (Å²) >= 11 is 0. The van der Waals surface area contributed by atoms with Gasteiger partial charge in [-0.15, -0.1) is 0 Å². The number of aromatic nitrogens is 4. The molecule has 3 aromatic rings. The van der Waals surface area contributed by atoms with Crippen molar-refractivity contribution in [1.29, 1.82) is 0 Å². The number of benzene rings is 1. The van der Waals surface area contributed by atoms with Gasteiger partial charge < -0.3 is 30.2 Å². The van der Waals surface area contributed by atoms with Crippen molar-refractivity contribution in [1.82, 2.24) is 19.5 Å². The van der Waals surface area contributed by atoms with E-state index in [2.05, 4.69) is 25.6 Å². The maximum Gasteiger partial charge on any atom is 0.226 e. The second-order valence-electron chi connectivity index (χ2n) is 7.09. The normalized spacial score (nSPS) is 11.6. The zero-order valence-corrected chi connectivity index (χ0v) is 16.5. The second-order valence-corrected chi connectivity index (χ2v) is 7.09. The fourth-order valence-electron chi connectivity index (χ4n) is 2.73. The molecule has 0 saturated heterocycles. The molecular formula is C19H26N6O3. The summed E-state index contributed by atoms with van der Waals surface area (Å²) in [5, 5.41) is 26.5. The zero-order valence-electron chi connectivity index (χ0n) is 16.5. The Morgan fingerprint density at radius 2 is 2.00 bits per heavy atom. The molecule has 0 fully saturated rings. The molecule has 9 heteroatoms. The molecule has 28 heavy (non-hydrogen) atoms. The molecule has 0 saturated carbocycles. The number of ether oxygens (including phenoxy) is 1. The lowest BCUT2D eigenvalue weighted by Gasteiger charge is -2.18. The lowest BCUT2D eigenvalue weighted by atomic mass is 10.1. The molecule has 0 aliphatic carbocycles. The van der Waals surface area contributed by atoms with Gasteiger partial charge in [0.25, 0.3) is 0 Å². The van der Waals surface area contributed by atoms with Crippen LogP contribution in [0.5, 0.6) is 11.5 Å². The van der Waals surface area contributed by atoms with Crippen molar-refractivity contribution >= 4 is 22.9 Å². The first-order valence-electron chi connectivity index (χ1n) is 9.10. The molecule has 0 atom stereocenters. The minimum Gasteiger partial charge on any atom is -0.504 e. The van der Waals surface area contributed by atoms with E-state index in [1.54, 1.807) is 32.3 Å². The van der Waals surface area contributed by atoms with Crippen LogP contribution in [0.4, 0.5) is 11.8 Å². The van der Waals surface area contributed by atoms with Crippen molar-refractivity contribution in [3.63, 3.8) is 0 Å². The quantitative estimate of drug-likeness (QED) is 0.466. The number of hydrogen-bond donors (Lipinski definition) is 4. The Hall–Kier alpha value is -3.07. The van der Waals surface area contributed by atoms with Gasteiger partial charge in [-0.3, -0.25) is 0 Å². The first-order valence-corrected chi connectivity index (χ1v) is 9.10. The summed E-state index contributed by atoms with van der Waals surface area (Å²) in [5.41, 5.74) is 1.10. The highest BCUT2D eigenvalue weighted by molar-refractivity contribution is 5.84. The third-order valence-electron chi connectivity index (χ3n) is 4.23. The van der Waals surface area contributed by atoms with Crippen molar-refractivity contribution in [2.24, 2.45) is 0 Å². The van der Waals surface area contributed by atoms with E-state index in [0.29, 0.717) is 53.9 Å². The maximum atomic E-state index is 10.3. The molecule has 0 unspecified atom stereocenters. The first-order chi connectivity index (χ1) is 13.3. The fraction of sp³-hybridized carbons (Fsp3) is 0.421. The lowest BCUT2D eigenvalue weighted by molar-refractivity contribution is 0.0943. The summed E-state index contributed by atoms with van der Waals surface area (Å²) in [7, 11) is 1.51. The zero-order chi connectivity index (χ0) is 20.3. The molecule has 0 amide bonds. The molecule has 2 aromatic heterocycles. The number of phenols is 1. The van der Waals surface area contributed by atoms with E-state index >= 15 is 0 Å². The molecule has 150 valence electrons. The number of hydrogen-bond acceptors (Lipinski definition) is 8. The second kappa shape index (κ2) is 7.89. The Labute approximate surface area is 163 Å². The number of phenolic OH excluding ortho intramolecular Hbond substituents is 1. The highest BCUT2D eigenvalue weighted by atomic mass is 16.5. The van der Waals surface area contributed by atoms with Crippen LogP contribution in [0.1, 0.15) is 26.3 Å². The van der Waals surface area contributed by atoms with Gasteiger partial charge in [-0.2, -0.15) is 9.97 Å². The monoisotopic (exact) mass is 386 g/mol. The van der Waals surface area contributed by atoms with Gasteiger partial charge in [-0.25, -0.2) is 4.98 Å². The third-order valence-corrected chi connectivity index (χ3v) is 4.23. The van der Waals surface area contributed by atoms with Crippen molar-refractivity contribution in [2.45, 2.75) is 39.5 Å². The van der Waals surface area contributed by atoms with Gasteiger partial charge in [-0.05, 0) is 26.8 Å². The van der Waals surface area contributed by atoms with Crippen molar-refractivity contribution in [3.05, 3.63) is 30.1 Å². The summed E-state index contributed by atoms with van der Waals surface area (Å²) < 4.78 is 7.07. The molecule has 0 spiro atoms. The molecule has 1 aromatic carbocycles. The summed E-state index contributed by atoms with van der Waals surface area (Å²) in [4.78, 5) is 13.5. The van der Waals surface area contributed by atoms with Crippen LogP contribution < -0.4 is 15.4 Å². The van der Waals surface area contributed by atoms with Crippen LogP contribution in [-0.4, -0.2) is 49.0 Å². The Kier molecular flexibility index (Phi) is 5.55. The van der Waals surface area contributed by atoms with Gasteiger partial charge >= 0.3 is 0 Å². The number of nitrogens with one attached hydrogen (secondary N) is 2. The van der Waals surface area contributed by atoms with Crippen LogP contribution in [0.2, 0.25) is 0 Å². The van der Waals surface area contributed by atoms with Crippen LogP contribution in [0, 0.1) is 0 Å². The molecule has 0 aliphatic rings. The van der Waals surface area contributed by atoms with Crippen LogP contribution in [0.15, 0.2) is 24.5 Å². The van der Waals surface area contributed by atoms with Crippen LogP contribution in [0.25, 0.3) is 11.2 Å². The van der Waals surface area contributed by atoms with Gasteiger partial charge in [0.05, 0.1) is 19.0 Å². The van der Waals surface area contributed by atoms with Crippen molar-refractivity contribution < 1.29 is 14.9 Å². The van der Waals surface area contributed by atoms with E-state index < -0.39 is 5.60 Å². The molecule has 2 heterocycles. The predicted molar refractivity (Wildman–Crippen MR) is 108 cm³/mol. The SMILES string of the molecule is CCn1cnc2c(NCc3cccc(OC)c3O)nc(NCC(C)(C)O)nc21. The number of anilines is 2. The van der Waals surface area contributed by atoms with Crippen molar-refractivity contribution in [2.75, 3.05) is 24.3 Å². The number of nitrogens with zero attached hydrogens (tertiary/aromatic N) is 4. The van der Waals surface area contributed by atoms with Crippen molar-refractivity contribution in [3.8, 4) is 11.5 Å². The van der Waals surface area contributed by atoms with Gasteiger partial charge in [0.2, 0.25) is 5.95 Å². The Balaban J connectivity index is 1.91. The smallest absolute Gasteiger partial charge is 0.226 e. The number of aliphatic hydroxyl groups is 1. The molecular weight excluding hydrogens is 360 g/mol. The number of methoxy groups -OCH3 is 1. The number of aromatic hydroxyl groups is 1. The number of imidazole rings is 1. The highest BCUT2D eigenvalue weighted by Crippen LogP contribution is 2.30. The molecule has 4 N–H and O–H groups in total. The fourth-order valence-corrected chi connectivity index (χ4v) is 2.73. The van der Waals surface area contributed by atoms with Gasteiger partial charge in [-0.1, -0.05) is 12.1 Å². The lowest BCUT2D eigenvalue weighted by Crippen LogP contribution is -2.30. The topological polar surface area (TPSA) is 117 Å². The van der Waals surface area contributed by atoms with E-state index in [9.17, 15) is 10.2 Å². The minimum absolute atomic E-state index is 0.0854. The summed E-state index contributed by atoms with van der Waals surface area (Å²) in [5.74, 6) is 1.43. The van der Waals surface area contributed by atoms with Gasteiger partial charge in [0, 0.05) is 25.2 Å². The standard InChI is InChI=1S/C19H26N6O3/c1-5-25-11-22-14-16(20-9-12-7-6-8-13(28-4)15(12)26)23-18(24-17(14)25)21-10-19(2,3)27/h6-8,11,26-27H,5,9-10H2,1-4H3,(H2,20,21,23,24). The average Bonchev–Trinajstić information content (AvgIpc) is 3.08. The van der Waals surface area contributed by atoms with E-state index in [1.807, 2.05) is 17.6 Å². The summed E-state index contributed by atoms with van der Waals surface area (Å²) in [6.45, 7) is 6.77. The average molecular weight is 386 g/mol. The highest BCUT2D eigenvalue weighted by Gasteiger charge is 2.17.